The van der Waals surface area contributed by atoms with Crippen molar-refractivity contribution in [3.63, 3.8) is 0 Å². The third-order valence-electron chi connectivity index (χ3n) is 2.53. The number of carbonyl (C=O) groups excluding carboxylic acids is 1. The Morgan fingerprint density at radius 3 is 2.89 bits per heavy atom. The zero-order valence-electron chi connectivity index (χ0n) is 10.8. The molecule has 1 rings (SSSR count). The lowest BCUT2D eigenvalue weighted by molar-refractivity contribution is -0.384. The monoisotopic (exact) mass is 263 g/mol. The number of likely N-dealkylation sites (N-methyl/N-ethyl adjacent to an activating group) is 1. The molecule has 0 aliphatic carbocycles. The third-order valence-corrected chi connectivity index (χ3v) is 2.53. The van der Waals surface area contributed by atoms with Crippen molar-refractivity contribution in [1.82, 2.24) is 10.2 Å². The molecule has 0 spiro atoms. The Kier molecular flexibility index (Phi) is 5.69. The van der Waals surface area contributed by atoms with Gasteiger partial charge < -0.3 is 10.2 Å². The maximum absolute atomic E-state index is 11.8. The molecule has 6 nitrogen and oxygen atoms in total. The number of benzene rings is 1. The van der Waals surface area contributed by atoms with Crippen LogP contribution in [0.4, 0.5) is 5.69 Å². The largest absolute Gasteiger partial charge is 0.334 e. The van der Waals surface area contributed by atoms with E-state index in [9.17, 15) is 14.9 Å². The van der Waals surface area contributed by atoms with E-state index in [-0.39, 0.29) is 18.1 Å². The Bertz CT molecular complexity index is 474. The number of carbonyl (C=O) groups is 1. The number of nitrogens with one attached hydrogen (secondary N) is 1. The van der Waals surface area contributed by atoms with E-state index < -0.39 is 4.92 Å². The van der Waals surface area contributed by atoms with Gasteiger partial charge in [0.25, 0.3) is 5.69 Å². The Hall–Kier alpha value is -2.21. The smallest absolute Gasteiger partial charge is 0.269 e. The average molecular weight is 263 g/mol. The summed E-state index contributed by atoms with van der Waals surface area (Å²) in [6.45, 7) is 4.57. The number of hydrogen-bond donors (Lipinski definition) is 1. The van der Waals surface area contributed by atoms with Crippen LogP contribution in [0.25, 0.3) is 0 Å². The van der Waals surface area contributed by atoms with Crippen LogP contribution in [0.5, 0.6) is 0 Å². The number of rotatable bonds is 7. The summed E-state index contributed by atoms with van der Waals surface area (Å²) in [4.78, 5) is 23.7. The lowest BCUT2D eigenvalue weighted by atomic mass is 10.2. The minimum atomic E-state index is -0.448. The van der Waals surface area contributed by atoms with Crippen LogP contribution in [-0.2, 0) is 11.3 Å². The Morgan fingerprint density at radius 2 is 2.32 bits per heavy atom. The van der Waals surface area contributed by atoms with Crippen molar-refractivity contribution in [2.24, 2.45) is 0 Å². The fraction of sp³-hybridized carbons (Fsp3) is 0.308. The Balaban J connectivity index is 2.83. The zero-order valence-corrected chi connectivity index (χ0v) is 10.8. The van der Waals surface area contributed by atoms with Gasteiger partial charge in [0.2, 0.25) is 5.91 Å². The molecule has 0 saturated heterocycles. The molecule has 19 heavy (non-hydrogen) atoms. The predicted octanol–water partition coefficient (Wildman–Crippen LogP) is 1.33. The predicted molar refractivity (Wildman–Crippen MR) is 72.6 cm³/mol. The molecule has 0 aliphatic rings. The van der Waals surface area contributed by atoms with E-state index in [1.54, 1.807) is 30.2 Å². The van der Waals surface area contributed by atoms with Crippen molar-refractivity contribution < 1.29 is 9.72 Å². The highest BCUT2D eigenvalue weighted by Gasteiger charge is 2.13. The van der Waals surface area contributed by atoms with Crippen molar-refractivity contribution in [1.29, 1.82) is 0 Å². The lowest BCUT2D eigenvalue weighted by Gasteiger charge is -2.21. The maximum atomic E-state index is 11.8. The van der Waals surface area contributed by atoms with E-state index in [4.69, 9.17) is 0 Å². The SMILES string of the molecule is C=CCN(Cc1cccc([N+](=O)[O-])c1)C(=O)CNC. The summed E-state index contributed by atoms with van der Waals surface area (Å²) >= 11 is 0. The van der Waals surface area contributed by atoms with Gasteiger partial charge in [-0.05, 0) is 12.6 Å². The minimum absolute atomic E-state index is 0.0251. The van der Waals surface area contributed by atoms with Gasteiger partial charge >= 0.3 is 0 Å². The highest BCUT2D eigenvalue weighted by molar-refractivity contribution is 5.78. The van der Waals surface area contributed by atoms with Gasteiger partial charge in [-0.1, -0.05) is 18.2 Å². The van der Waals surface area contributed by atoms with E-state index in [1.165, 1.54) is 12.1 Å². The molecule has 0 heterocycles. The second kappa shape index (κ2) is 7.27. The topological polar surface area (TPSA) is 75.5 Å². The van der Waals surface area contributed by atoms with Crippen LogP contribution < -0.4 is 5.32 Å². The second-order valence-electron chi connectivity index (χ2n) is 4.02. The van der Waals surface area contributed by atoms with Crippen LogP contribution in [0.1, 0.15) is 5.56 Å². The third kappa shape index (κ3) is 4.51. The average Bonchev–Trinajstić information content (AvgIpc) is 2.39. The molecule has 0 aliphatic heterocycles. The van der Waals surface area contributed by atoms with Crippen molar-refractivity contribution in [3.8, 4) is 0 Å². The van der Waals surface area contributed by atoms with Gasteiger partial charge in [-0.2, -0.15) is 0 Å². The number of nitro groups is 1. The van der Waals surface area contributed by atoms with Crippen molar-refractivity contribution in [3.05, 3.63) is 52.6 Å². The Labute approximate surface area is 111 Å². The summed E-state index contributed by atoms with van der Waals surface area (Å²) in [5, 5.41) is 13.5. The highest BCUT2D eigenvalue weighted by atomic mass is 16.6. The van der Waals surface area contributed by atoms with Gasteiger partial charge in [0.15, 0.2) is 0 Å². The second-order valence-corrected chi connectivity index (χ2v) is 4.02. The molecule has 1 aromatic rings. The first kappa shape index (κ1) is 14.8. The van der Waals surface area contributed by atoms with Crippen LogP contribution in [0.2, 0.25) is 0 Å². The molecule has 1 amide bonds. The van der Waals surface area contributed by atoms with Gasteiger partial charge in [-0.3, -0.25) is 14.9 Å². The molecule has 1 N–H and O–H groups in total. The summed E-state index contributed by atoms with van der Waals surface area (Å²) in [7, 11) is 1.69. The first-order chi connectivity index (χ1) is 9.08. The molecule has 0 radical (unpaired) electrons. The van der Waals surface area contributed by atoms with E-state index in [0.29, 0.717) is 13.1 Å². The lowest BCUT2D eigenvalue weighted by Crippen LogP contribution is -2.36. The quantitative estimate of drug-likeness (QED) is 0.457. The molecular formula is C13H17N3O3. The summed E-state index contributed by atoms with van der Waals surface area (Å²) in [6, 6.07) is 6.28. The summed E-state index contributed by atoms with van der Waals surface area (Å²) in [5.74, 6) is -0.0751. The maximum Gasteiger partial charge on any atom is 0.269 e. The molecule has 0 saturated carbocycles. The molecule has 0 atom stereocenters. The van der Waals surface area contributed by atoms with Crippen molar-refractivity contribution in [2.45, 2.75) is 6.54 Å². The summed E-state index contributed by atoms with van der Waals surface area (Å²) in [6.07, 6.45) is 1.63. The van der Waals surface area contributed by atoms with Gasteiger partial charge in [0.1, 0.15) is 0 Å². The number of nitro benzene ring substituents is 1. The number of hydrogen-bond acceptors (Lipinski definition) is 4. The fourth-order valence-electron chi connectivity index (χ4n) is 1.66. The van der Waals surface area contributed by atoms with Crippen molar-refractivity contribution in [2.75, 3.05) is 20.1 Å². The van der Waals surface area contributed by atoms with E-state index in [2.05, 4.69) is 11.9 Å². The van der Waals surface area contributed by atoms with Crippen LogP contribution in [0.15, 0.2) is 36.9 Å². The first-order valence-electron chi connectivity index (χ1n) is 5.85. The fourth-order valence-corrected chi connectivity index (χ4v) is 1.66. The summed E-state index contributed by atoms with van der Waals surface area (Å²) in [5.41, 5.74) is 0.748. The first-order valence-corrected chi connectivity index (χ1v) is 5.85. The van der Waals surface area contributed by atoms with Crippen LogP contribution in [-0.4, -0.2) is 35.9 Å². The molecule has 102 valence electrons. The van der Waals surface area contributed by atoms with Gasteiger partial charge in [0, 0.05) is 25.2 Å². The standard InChI is InChI=1S/C13H17N3O3/c1-3-7-15(13(17)9-14-2)10-11-5-4-6-12(8-11)16(18)19/h3-6,8,14H,1,7,9-10H2,2H3. The Morgan fingerprint density at radius 1 is 1.58 bits per heavy atom. The van der Waals surface area contributed by atoms with Crippen LogP contribution in [0, 0.1) is 10.1 Å². The normalized spacial score (nSPS) is 9.95. The minimum Gasteiger partial charge on any atom is -0.334 e. The van der Waals surface area contributed by atoms with Crippen LogP contribution >= 0.6 is 0 Å². The molecule has 0 aromatic heterocycles. The van der Waals surface area contributed by atoms with Gasteiger partial charge in [-0.15, -0.1) is 6.58 Å². The van der Waals surface area contributed by atoms with Crippen LogP contribution in [0.3, 0.4) is 0 Å². The highest BCUT2D eigenvalue weighted by Crippen LogP contribution is 2.14. The molecular weight excluding hydrogens is 246 g/mol. The van der Waals surface area contributed by atoms with E-state index in [1.807, 2.05) is 0 Å². The number of non-ortho nitro benzene ring substituents is 1. The van der Waals surface area contributed by atoms with E-state index >= 15 is 0 Å². The van der Waals surface area contributed by atoms with Gasteiger partial charge in [0.05, 0.1) is 11.5 Å². The summed E-state index contributed by atoms with van der Waals surface area (Å²) < 4.78 is 0. The number of amides is 1. The van der Waals surface area contributed by atoms with Gasteiger partial charge in [-0.25, -0.2) is 0 Å². The van der Waals surface area contributed by atoms with E-state index in [0.717, 1.165) is 5.56 Å². The number of nitrogens with zero attached hydrogens (tertiary/aromatic N) is 2. The molecule has 6 heteroatoms. The molecule has 0 fully saturated rings. The molecule has 0 bridgehead atoms. The molecule has 0 unspecified atom stereocenters. The van der Waals surface area contributed by atoms with Crippen molar-refractivity contribution >= 4 is 11.6 Å². The molecule has 1 aromatic carbocycles. The zero-order chi connectivity index (χ0) is 14.3.